The lowest BCUT2D eigenvalue weighted by Crippen LogP contribution is -2.56. The summed E-state index contributed by atoms with van der Waals surface area (Å²) in [4.78, 5) is 2.72. The lowest BCUT2D eigenvalue weighted by atomic mass is 9.70. The molecule has 0 aromatic rings. The predicted octanol–water partition coefficient (Wildman–Crippen LogP) is 2.78. The van der Waals surface area contributed by atoms with E-state index in [0.29, 0.717) is 29.5 Å². The van der Waals surface area contributed by atoms with E-state index >= 15 is 0 Å². The number of morpholine rings is 1. The van der Waals surface area contributed by atoms with Crippen LogP contribution in [0, 0.1) is 11.3 Å². The summed E-state index contributed by atoms with van der Waals surface area (Å²) in [5.74, 6) is 0.680. The fourth-order valence-corrected chi connectivity index (χ4v) is 4.66. The first-order valence-electron chi connectivity index (χ1n) is 8.66. The molecule has 0 bridgehead atoms. The standard InChI is InChI=1S/C17H32N2O/c1-17(2)8-7-14(18)13(11-17)12-19-9-10-20-16-6-4-3-5-15(16)19/h13-16H,3-12,18H2,1-2H3. The molecule has 3 fully saturated rings. The molecule has 1 heterocycles. The molecule has 3 heteroatoms. The van der Waals surface area contributed by atoms with Crippen LogP contribution in [0.25, 0.3) is 0 Å². The Morgan fingerprint density at radius 3 is 2.85 bits per heavy atom. The van der Waals surface area contributed by atoms with Crippen LogP contribution in [-0.4, -0.2) is 42.8 Å². The maximum Gasteiger partial charge on any atom is 0.0730 e. The van der Waals surface area contributed by atoms with Crippen molar-refractivity contribution in [3.8, 4) is 0 Å². The third kappa shape index (κ3) is 3.20. The number of hydrogen-bond donors (Lipinski definition) is 1. The smallest absolute Gasteiger partial charge is 0.0730 e. The maximum absolute atomic E-state index is 6.43. The molecule has 1 aliphatic heterocycles. The van der Waals surface area contributed by atoms with Gasteiger partial charge in [-0.3, -0.25) is 4.90 Å². The Kier molecular flexibility index (Phi) is 4.40. The molecule has 4 atom stereocenters. The van der Waals surface area contributed by atoms with E-state index < -0.39 is 0 Å². The Hall–Kier alpha value is -0.120. The van der Waals surface area contributed by atoms with Crippen molar-refractivity contribution in [3.05, 3.63) is 0 Å². The Balaban J connectivity index is 1.63. The predicted molar refractivity (Wildman–Crippen MR) is 82.7 cm³/mol. The van der Waals surface area contributed by atoms with Crippen molar-refractivity contribution < 1.29 is 4.74 Å². The lowest BCUT2D eigenvalue weighted by Gasteiger charge is -2.47. The Morgan fingerprint density at radius 2 is 2.00 bits per heavy atom. The van der Waals surface area contributed by atoms with Gasteiger partial charge in [0.05, 0.1) is 12.7 Å². The summed E-state index contributed by atoms with van der Waals surface area (Å²) >= 11 is 0. The molecular weight excluding hydrogens is 248 g/mol. The monoisotopic (exact) mass is 280 g/mol. The summed E-state index contributed by atoms with van der Waals surface area (Å²) in [5, 5.41) is 0. The van der Waals surface area contributed by atoms with E-state index in [-0.39, 0.29) is 0 Å². The number of fused-ring (bicyclic) bond motifs is 1. The van der Waals surface area contributed by atoms with Gasteiger partial charge in [-0.15, -0.1) is 0 Å². The fraction of sp³-hybridized carbons (Fsp3) is 1.00. The number of nitrogens with two attached hydrogens (primary N) is 1. The van der Waals surface area contributed by atoms with E-state index in [2.05, 4.69) is 18.7 Å². The highest BCUT2D eigenvalue weighted by Gasteiger charge is 2.38. The van der Waals surface area contributed by atoms with Gasteiger partial charge in [-0.1, -0.05) is 26.7 Å². The van der Waals surface area contributed by atoms with Crippen molar-refractivity contribution in [3.63, 3.8) is 0 Å². The Morgan fingerprint density at radius 1 is 1.20 bits per heavy atom. The molecule has 2 saturated carbocycles. The summed E-state index contributed by atoms with van der Waals surface area (Å²) < 4.78 is 6.00. The molecule has 3 aliphatic rings. The van der Waals surface area contributed by atoms with Crippen molar-refractivity contribution in [2.24, 2.45) is 17.1 Å². The van der Waals surface area contributed by atoms with Crippen LogP contribution in [0.2, 0.25) is 0 Å². The molecule has 1 saturated heterocycles. The molecular formula is C17H32N2O. The van der Waals surface area contributed by atoms with Crippen molar-refractivity contribution in [2.75, 3.05) is 19.7 Å². The molecule has 2 aliphatic carbocycles. The van der Waals surface area contributed by atoms with Crippen LogP contribution in [0.3, 0.4) is 0 Å². The van der Waals surface area contributed by atoms with Gasteiger partial charge >= 0.3 is 0 Å². The highest BCUT2D eigenvalue weighted by atomic mass is 16.5. The minimum Gasteiger partial charge on any atom is -0.375 e. The minimum atomic E-state index is 0.410. The van der Waals surface area contributed by atoms with Gasteiger partial charge in [-0.05, 0) is 43.4 Å². The van der Waals surface area contributed by atoms with Crippen LogP contribution in [0.4, 0.5) is 0 Å². The third-order valence-corrected chi connectivity index (χ3v) is 5.89. The average Bonchev–Trinajstić information content (AvgIpc) is 2.43. The van der Waals surface area contributed by atoms with Gasteiger partial charge in [0, 0.05) is 25.2 Å². The minimum absolute atomic E-state index is 0.410. The lowest BCUT2D eigenvalue weighted by molar-refractivity contribution is -0.0955. The zero-order chi connectivity index (χ0) is 14.2. The zero-order valence-electron chi connectivity index (χ0n) is 13.3. The van der Waals surface area contributed by atoms with E-state index in [1.807, 2.05) is 0 Å². The average molecular weight is 280 g/mol. The summed E-state index contributed by atoms with van der Waals surface area (Å²) in [6, 6.07) is 1.09. The van der Waals surface area contributed by atoms with Gasteiger partial charge in [-0.25, -0.2) is 0 Å². The second kappa shape index (κ2) is 5.94. The molecule has 4 unspecified atom stereocenters. The number of hydrogen-bond acceptors (Lipinski definition) is 3. The van der Waals surface area contributed by atoms with Gasteiger partial charge < -0.3 is 10.5 Å². The highest BCUT2D eigenvalue weighted by molar-refractivity contribution is 4.93. The molecule has 2 N–H and O–H groups in total. The van der Waals surface area contributed by atoms with Crippen LogP contribution >= 0.6 is 0 Å². The van der Waals surface area contributed by atoms with Gasteiger partial charge in [0.25, 0.3) is 0 Å². The summed E-state index contributed by atoms with van der Waals surface area (Å²) in [6.45, 7) is 8.07. The topological polar surface area (TPSA) is 38.5 Å². The first kappa shape index (κ1) is 14.8. The number of rotatable bonds is 2. The molecule has 0 aromatic carbocycles. The van der Waals surface area contributed by atoms with Crippen LogP contribution < -0.4 is 5.73 Å². The summed E-state index contributed by atoms with van der Waals surface area (Å²) in [6.07, 6.45) is 9.62. The van der Waals surface area contributed by atoms with Crippen molar-refractivity contribution >= 4 is 0 Å². The van der Waals surface area contributed by atoms with Crippen molar-refractivity contribution in [1.82, 2.24) is 4.90 Å². The molecule has 0 aromatic heterocycles. The number of nitrogens with zero attached hydrogens (tertiary/aromatic N) is 1. The SMILES string of the molecule is CC1(C)CCC(N)C(CN2CCOC3CCCCC32)C1. The quantitative estimate of drug-likeness (QED) is 0.845. The molecule has 3 nitrogen and oxygen atoms in total. The van der Waals surface area contributed by atoms with Crippen molar-refractivity contribution in [1.29, 1.82) is 0 Å². The van der Waals surface area contributed by atoms with Crippen LogP contribution in [-0.2, 0) is 4.74 Å². The van der Waals surface area contributed by atoms with E-state index in [4.69, 9.17) is 10.5 Å². The molecule has 20 heavy (non-hydrogen) atoms. The molecule has 0 radical (unpaired) electrons. The second-order valence-electron chi connectivity index (χ2n) is 8.09. The maximum atomic E-state index is 6.43. The van der Waals surface area contributed by atoms with Crippen molar-refractivity contribution in [2.45, 2.75) is 77.0 Å². The second-order valence-corrected chi connectivity index (χ2v) is 8.09. The third-order valence-electron chi connectivity index (χ3n) is 5.89. The van der Waals surface area contributed by atoms with Gasteiger partial charge in [-0.2, -0.15) is 0 Å². The first-order valence-corrected chi connectivity index (χ1v) is 8.66. The molecule has 3 rings (SSSR count). The number of ether oxygens (including phenoxy) is 1. The Labute approximate surface area is 124 Å². The normalized spacial score (nSPS) is 42.1. The van der Waals surface area contributed by atoms with E-state index in [0.717, 1.165) is 13.2 Å². The van der Waals surface area contributed by atoms with Gasteiger partial charge in [0.2, 0.25) is 0 Å². The fourth-order valence-electron chi connectivity index (χ4n) is 4.66. The van der Waals surface area contributed by atoms with E-state index in [9.17, 15) is 0 Å². The highest BCUT2D eigenvalue weighted by Crippen LogP contribution is 2.39. The van der Waals surface area contributed by atoms with Crippen LogP contribution in [0.5, 0.6) is 0 Å². The van der Waals surface area contributed by atoms with E-state index in [1.165, 1.54) is 51.5 Å². The Bertz CT molecular complexity index is 329. The van der Waals surface area contributed by atoms with Crippen LogP contribution in [0.1, 0.15) is 58.8 Å². The first-order chi connectivity index (χ1) is 9.55. The summed E-state index contributed by atoms with van der Waals surface area (Å²) in [7, 11) is 0. The molecule has 116 valence electrons. The summed E-state index contributed by atoms with van der Waals surface area (Å²) in [5.41, 5.74) is 6.91. The largest absolute Gasteiger partial charge is 0.375 e. The molecule has 0 amide bonds. The van der Waals surface area contributed by atoms with Crippen LogP contribution in [0.15, 0.2) is 0 Å². The zero-order valence-corrected chi connectivity index (χ0v) is 13.3. The van der Waals surface area contributed by atoms with Gasteiger partial charge in [0.15, 0.2) is 0 Å². The van der Waals surface area contributed by atoms with E-state index in [1.54, 1.807) is 0 Å². The van der Waals surface area contributed by atoms with Gasteiger partial charge in [0.1, 0.15) is 0 Å². The molecule has 0 spiro atoms.